The average molecular weight is 868 g/mol. The molecule has 0 amide bonds. The molecule has 0 aromatic rings. The SMILES string of the molecule is CCCCCC.CCCCCC.CCCCCC.CCCCCC.CCCCCC.CCCCCC.CCCCCC.CCOC(C)=O.CCOC(C)=O.CCOC(C)=O. The van der Waals surface area contributed by atoms with Crippen LogP contribution in [0.1, 0.15) is 318 Å². The van der Waals surface area contributed by atoms with Gasteiger partial charge in [-0.2, -0.15) is 0 Å². The number of hydrogen-bond acceptors (Lipinski definition) is 6. The highest BCUT2D eigenvalue weighted by atomic mass is 16.5. The van der Waals surface area contributed by atoms with E-state index in [9.17, 15) is 14.4 Å². The molecule has 0 N–H and O–H groups in total. The molecule has 0 aliphatic heterocycles. The van der Waals surface area contributed by atoms with Crippen molar-refractivity contribution in [1.29, 1.82) is 0 Å². The van der Waals surface area contributed by atoms with Crippen LogP contribution in [0.4, 0.5) is 0 Å². The van der Waals surface area contributed by atoms with Crippen LogP contribution in [0.25, 0.3) is 0 Å². The molecule has 0 rings (SSSR count). The van der Waals surface area contributed by atoms with E-state index in [0.29, 0.717) is 19.8 Å². The lowest BCUT2D eigenvalue weighted by molar-refractivity contribution is -0.141. The monoisotopic (exact) mass is 867 g/mol. The fourth-order valence-corrected chi connectivity index (χ4v) is 4.11. The number of carbonyl (C=O) groups excluding carboxylic acids is 3. The van der Waals surface area contributed by atoms with Gasteiger partial charge in [0, 0.05) is 20.8 Å². The third-order valence-corrected chi connectivity index (χ3v) is 7.74. The molecule has 0 aromatic heterocycles. The lowest BCUT2D eigenvalue weighted by Gasteiger charge is -1.89. The van der Waals surface area contributed by atoms with E-state index < -0.39 is 0 Å². The van der Waals surface area contributed by atoms with Crippen LogP contribution in [0.3, 0.4) is 0 Å². The molecule has 374 valence electrons. The fourth-order valence-electron chi connectivity index (χ4n) is 4.11. The molecule has 0 unspecified atom stereocenters. The van der Waals surface area contributed by atoms with Gasteiger partial charge in [0.1, 0.15) is 0 Å². The minimum atomic E-state index is -0.211. The summed E-state index contributed by atoms with van der Waals surface area (Å²) in [5, 5.41) is 0. The maximum absolute atomic E-state index is 9.82. The van der Waals surface area contributed by atoms with Crippen molar-refractivity contribution in [3.05, 3.63) is 0 Å². The molecule has 60 heavy (non-hydrogen) atoms. The highest BCUT2D eigenvalue weighted by Gasteiger charge is 1.83. The molecule has 0 radical (unpaired) electrons. The van der Waals surface area contributed by atoms with Gasteiger partial charge in [-0.15, -0.1) is 0 Å². The summed E-state index contributed by atoms with van der Waals surface area (Å²) in [7, 11) is 0. The van der Waals surface area contributed by atoms with Crippen molar-refractivity contribution in [3.8, 4) is 0 Å². The van der Waals surface area contributed by atoms with Gasteiger partial charge in [0.25, 0.3) is 0 Å². The molecule has 0 aromatic carbocycles. The zero-order valence-electron chi connectivity index (χ0n) is 45.9. The lowest BCUT2D eigenvalue weighted by Crippen LogP contribution is -1.95. The van der Waals surface area contributed by atoms with Crippen molar-refractivity contribution >= 4 is 17.9 Å². The van der Waals surface area contributed by atoms with E-state index >= 15 is 0 Å². The Morgan fingerprint density at radius 3 is 0.317 bits per heavy atom. The first kappa shape index (κ1) is 82.1. The average Bonchev–Trinajstić information content (AvgIpc) is 3.23. The summed E-state index contributed by atoms with van der Waals surface area (Å²) in [5.74, 6) is -0.632. The van der Waals surface area contributed by atoms with Crippen LogP contribution in [0.15, 0.2) is 0 Å². The quantitative estimate of drug-likeness (QED) is 0.0546. The Morgan fingerprint density at radius 1 is 0.217 bits per heavy atom. The second-order valence-corrected chi connectivity index (χ2v) is 14.7. The highest BCUT2D eigenvalue weighted by molar-refractivity contribution is 5.66. The Morgan fingerprint density at radius 2 is 0.300 bits per heavy atom. The fraction of sp³-hybridized carbons (Fsp3) is 0.944. The van der Waals surface area contributed by atoms with Crippen molar-refractivity contribution in [3.63, 3.8) is 0 Å². The minimum absolute atomic E-state index is 0.211. The first-order chi connectivity index (χ1) is 28.7. The Labute approximate surface area is 383 Å². The van der Waals surface area contributed by atoms with E-state index in [0.717, 1.165) is 0 Å². The number of carbonyl (C=O) groups is 3. The Balaban J connectivity index is -0.0000000579. The van der Waals surface area contributed by atoms with Gasteiger partial charge in [-0.05, 0) is 20.8 Å². The van der Waals surface area contributed by atoms with Crippen molar-refractivity contribution in [1.82, 2.24) is 0 Å². The van der Waals surface area contributed by atoms with Gasteiger partial charge >= 0.3 is 17.9 Å². The second-order valence-electron chi connectivity index (χ2n) is 14.7. The minimum Gasteiger partial charge on any atom is -0.466 e. The molecule has 0 atom stereocenters. The molecule has 0 aliphatic rings. The van der Waals surface area contributed by atoms with Gasteiger partial charge in [-0.1, -0.05) is 277 Å². The molecule has 0 saturated heterocycles. The molecular formula is C54H122O6. The Kier molecular flexibility index (Phi) is 146. The largest absolute Gasteiger partial charge is 0.466 e. The van der Waals surface area contributed by atoms with Crippen LogP contribution in [0.5, 0.6) is 0 Å². The first-order valence-electron chi connectivity index (χ1n) is 26.1. The van der Waals surface area contributed by atoms with E-state index in [1.807, 2.05) is 0 Å². The molecule has 6 nitrogen and oxygen atoms in total. The standard InChI is InChI=1S/7C6H14.3C4H8O2/c7*1-3-5-6-4-2;3*1-3-6-4(2)5/h7*3-6H2,1-2H3;3*3H2,1-2H3. The third-order valence-electron chi connectivity index (χ3n) is 7.74. The second kappa shape index (κ2) is 107. The van der Waals surface area contributed by atoms with Crippen molar-refractivity contribution < 1.29 is 28.6 Å². The number of ether oxygens (including phenoxy) is 3. The summed E-state index contributed by atoms with van der Waals surface area (Å²) in [6.45, 7) is 42.2. The van der Waals surface area contributed by atoms with Crippen LogP contribution in [-0.4, -0.2) is 37.7 Å². The zero-order valence-corrected chi connectivity index (χ0v) is 45.9. The lowest BCUT2D eigenvalue weighted by atomic mass is 10.2. The summed E-state index contributed by atoms with van der Waals surface area (Å²) in [6.07, 6.45) is 38.8. The summed E-state index contributed by atoms with van der Waals surface area (Å²) in [4.78, 5) is 29.5. The zero-order chi connectivity index (χ0) is 48.8. The number of unbranched alkanes of at least 4 members (excludes halogenated alkanes) is 21. The summed E-state index contributed by atoms with van der Waals surface area (Å²) >= 11 is 0. The van der Waals surface area contributed by atoms with Crippen molar-refractivity contribution in [2.75, 3.05) is 19.8 Å². The van der Waals surface area contributed by atoms with Gasteiger partial charge in [-0.3, -0.25) is 14.4 Å². The maximum atomic E-state index is 9.82. The van der Waals surface area contributed by atoms with E-state index in [4.69, 9.17) is 0 Å². The van der Waals surface area contributed by atoms with E-state index in [-0.39, 0.29) is 17.9 Å². The topological polar surface area (TPSA) is 78.9 Å². The molecule has 0 bridgehead atoms. The Hall–Kier alpha value is -1.59. The van der Waals surface area contributed by atoms with Crippen LogP contribution in [-0.2, 0) is 28.6 Å². The third kappa shape index (κ3) is 215. The maximum Gasteiger partial charge on any atom is 0.302 e. The summed E-state index contributed by atoms with van der Waals surface area (Å²) < 4.78 is 13.2. The molecule has 0 heterocycles. The van der Waals surface area contributed by atoms with Gasteiger partial charge < -0.3 is 14.2 Å². The number of hydrogen-bond donors (Lipinski definition) is 0. The smallest absolute Gasteiger partial charge is 0.302 e. The van der Waals surface area contributed by atoms with E-state index in [1.54, 1.807) is 20.8 Å². The van der Waals surface area contributed by atoms with Crippen LogP contribution < -0.4 is 0 Å². The van der Waals surface area contributed by atoms with Gasteiger partial charge in [-0.25, -0.2) is 0 Å². The summed E-state index contributed by atoms with van der Waals surface area (Å²) in [6, 6.07) is 0. The van der Waals surface area contributed by atoms with Gasteiger partial charge in [0.2, 0.25) is 0 Å². The van der Waals surface area contributed by atoms with E-state index in [2.05, 4.69) is 111 Å². The van der Waals surface area contributed by atoms with Crippen LogP contribution in [0.2, 0.25) is 0 Å². The predicted molar refractivity (Wildman–Crippen MR) is 276 cm³/mol. The molecular weight excluding hydrogens is 745 g/mol. The molecule has 6 heteroatoms. The highest BCUT2D eigenvalue weighted by Crippen LogP contribution is 1.98. The van der Waals surface area contributed by atoms with E-state index in [1.165, 1.54) is 201 Å². The molecule has 0 fully saturated rings. The van der Waals surface area contributed by atoms with Crippen molar-refractivity contribution in [2.45, 2.75) is 318 Å². The molecule has 0 spiro atoms. The molecule has 0 saturated carbocycles. The molecule has 0 aliphatic carbocycles. The number of rotatable bonds is 24. The summed E-state index contributed by atoms with van der Waals surface area (Å²) in [5.41, 5.74) is 0. The normalized spacial score (nSPS) is 8.60. The van der Waals surface area contributed by atoms with Crippen molar-refractivity contribution in [2.24, 2.45) is 0 Å². The van der Waals surface area contributed by atoms with Crippen LogP contribution in [0, 0.1) is 0 Å². The van der Waals surface area contributed by atoms with Gasteiger partial charge in [0.05, 0.1) is 19.8 Å². The first-order valence-corrected chi connectivity index (χ1v) is 26.1. The van der Waals surface area contributed by atoms with Crippen LogP contribution >= 0.6 is 0 Å². The Bertz CT molecular complexity index is 464. The van der Waals surface area contributed by atoms with Gasteiger partial charge in [0.15, 0.2) is 0 Å². The predicted octanol–water partition coefficient (Wildman–Crippen LogP) is 19.8. The number of esters is 3.